The van der Waals surface area contributed by atoms with Gasteiger partial charge in [0.1, 0.15) is 0 Å². The van der Waals surface area contributed by atoms with Gasteiger partial charge in [0, 0.05) is 6.21 Å². The maximum Gasteiger partial charge on any atom is 0.494 e. The van der Waals surface area contributed by atoms with E-state index in [2.05, 4.69) is 50.9 Å². The van der Waals surface area contributed by atoms with Crippen molar-refractivity contribution in [2.24, 2.45) is 4.99 Å². The molecule has 0 spiro atoms. The Morgan fingerprint density at radius 1 is 1.17 bits per heavy atom. The average molecular weight is 243 g/mol. The maximum absolute atomic E-state index is 6.04. The fourth-order valence-corrected chi connectivity index (χ4v) is 2.27. The molecule has 2 aliphatic heterocycles. The van der Waals surface area contributed by atoms with Gasteiger partial charge in [0.05, 0.1) is 17.2 Å². The second-order valence-corrected chi connectivity index (χ2v) is 6.00. The van der Waals surface area contributed by atoms with Crippen molar-refractivity contribution in [1.82, 2.24) is 0 Å². The number of nitrogens with zero attached hydrogens (tertiary/aromatic N) is 1. The van der Waals surface area contributed by atoms with Gasteiger partial charge in [-0.1, -0.05) is 18.2 Å². The molecule has 0 radical (unpaired) electrons. The van der Waals surface area contributed by atoms with Crippen LogP contribution >= 0.6 is 0 Å². The molecule has 1 fully saturated rings. The van der Waals surface area contributed by atoms with E-state index in [-0.39, 0.29) is 24.4 Å². The van der Waals surface area contributed by atoms with Crippen LogP contribution in [0.5, 0.6) is 0 Å². The van der Waals surface area contributed by atoms with Crippen LogP contribution in [0.1, 0.15) is 27.7 Å². The van der Waals surface area contributed by atoms with Crippen LogP contribution in [0.2, 0.25) is 0 Å². The van der Waals surface area contributed by atoms with E-state index < -0.39 is 0 Å². The average Bonchev–Trinajstić information content (AvgIpc) is 2.80. The Kier molecular flexibility index (Phi) is 2.44. The summed E-state index contributed by atoms with van der Waals surface area (Å²) in [5.74, 6) is 0. The monoisotopic (exact) mass is 243 g/mol. The molecular weight excluding hydrogens is 225 g/mol. The third kappa shape index (κ3) is 1.71. The highest BCUT2D eigenvalue weighted by Crippen LogP contribution is 2.39. The molecule has 1 aliphatic carbocycles. The first-order valence-electron chi connectivity index (χ1n) is 6.38. The molecule has 0 aromatic rings. The minimum Gasteiger partial charge on any atom is -0.399 e. The molecule has 4 heteroatoms. The first kappa shape index (κ1) is 11.9. The fraction of sp³-hybridized carbons (Fsp3) is 0.500. The highest BCUT2D eigenvalue weighted by atomic mass is 16.7. The lowest BCUT2D eigenvalue weighted by atomic mass is 9.74. The molecule has 2 heterocycles. The Bertz CT molecular complexity index is 484. The van der Waals surface area contributed by atoms with Gasteiger partial charge in [0.15, 0.2) is 0 Å². The first-order chi connectivity index (χ1) is 8.39. The van der Waals surface area contributed by atoms with Crippen LogP contribution < -0.4 is 0 Å². The largest absolute Gasteiger partial charge is 0.494 e. The van der Waals surface area contributed by atoms with Gasteiger partial charge in [0.25, 0.3) is 0 Å². The summed E-state index contributed by atoms with van der Waals surface area (Å²) in [6, 6.07) is 0.191. The summed E-state index contributed by atoms with van der Waals surface area (Å²) in [6.07, 6.45) is 10.2. The highest BCUT2D eigenvalue weighted by molar-refractivity contribution is 6.55. The lowest BCUT2D eigenvalue weighted by Crippen LogP contribution is -2.41. The minimum absolute atomic E-state index is 0.191. The predicted molar refractivity (Wildman–Crippen MR) is 73.7 cm³/mol. The Labute approximate surface area is 108 Å². The van der Waals surface area contributed by atoms with Crippen LogP contribution in [-0.2, 0) is 9.31 Å². The summed E-state index contributed by atoms with van der Waals surface area (Å²) in [4.78, 5) is 4.35. The van der Waals surface area contributed by atoms with Crippen LogP contribution in [0, 0.1) is 0 Å². The van der Waals surface area contributed by atoms with Crippen LogP contribution in [-0.4, -0.2) is 30.6 Å². The van der Waals surface area contributed by atoms with Crippen molar-refractivity contribution >= 4 is 13.3 Å². The van der Waals surface area contributed by atoms with E-state index in [1.54, 1.807) is 0 Å². The summed E-state index contributed by atoms with van der Waals surface area (Å²) < 4.78 is 12.1. The summed E-state index contributed by atoms with van der Waals surface area (Å²) in [5.41, 5.74) is 1.71. The van der Waals surface area contributed by atoms with Crippen molar-refractivity contribution in [3.05, 3.63) is 35.3 Å². The van der Waals surface area contributed by atoms with Crippen LogP contribution in [0.15, 0.2) is 40.3 Å². The van der Waals surface area contributed by atoms with Gasteiger partial charge >= 0.3 is 7.12 Å². The second kappa shape index (κ2) is 3.68. The van der Waals surface area contributed by atoms with Gasteiger partial charge in [0.2, 0.25) is 0 Å². The normalized spacial score (nSPS) is 31.3. The van der Waals surface area contributed by atoms with Gasteiger partial charge in [-0.25, -0.2) is 0 Å². The van der Waals surface area contributed by atoms with Crippen molar-refractivity contribution in [2.75, 3.05) is 0 Å². The number of rotatable bonds is 1. The van der Waals surface area contributed by atoms with Gasteiger partial charge < -0.3 is 9.31 Å². The zero-order valence-electron chi connectivity index (χ0n) is 11.3. The van der Waals surface area contributed by atoms with Crippen LogP contribution in [0.4, 0.5) is 0 Å². The van der Waals surface area contributed by atoms with E-state index in [9.17, 15) is 0 Å². The molecule has 94 valence electrons. The van der Waals surface area contributed by atoms with Crippen molar-refractivity contribution in [3.63, 3.8) is 0 Å². The first-order valence-corrected chi connectivity index (χ1v) is 6.38. The Balaban J connectivity index is 1.85. The molecule has 3 rings (SSSR count). The van der Waals surface area contributed by atoms with E-state index in [1.165, 1.54) is 5.57 Å². The van der Waals surface area contributed by atoms with Crippen molar-refractivity contribution < 1.29 is 9.31 Å². The summed E-state index contributed by atoms with van der Waals surface area (Å²) in [5, 5.41) is 0. The third-order valence-corrected chi connectivity index (χ3v) is 4.18. The molecule has 0 bridgehead atoms. The maximum atomic E-state index is 6.04. The van der Waals surface area contributed by atoms with E-state index in [0.717, 1.165) is 5.47 Å². The number of allylic oxidation sites excluding steroid dienone is 3. The van der Waals surface area contributed by atoms with Crippen molar-refractivity contribution in [1.29, 1.82) is 0 Å². The second-order valence-electron chi connectivity index (χ2n) is 6.00. The van der Waals surface area contributed by atoms with E-state index >= 15 is 0 Å². The number of hydrogen-bond donors (Lipinski definition) is 0. The Morgan fingerprint density at radius 3 is 2.50 bits per heavy atom. The Morgan fingerprint density at radius 2 is 1.83 bits per heavy atom. The summed E-state index contributed by atoms with van der Waals surface area (Å²) in [7, 11) is -0.284. The molecule has 0 amide bonds. The van der Waals surface area contributed by atoms with Crippen molar-refractivity contribution in [3.8, 4) is 0 Å². The van der Waals surface area contributed by atoms with E-state index in [0.29, 0.717) is 0 Å². The van der Waals surface area contributed by atoms with Gasteiger partial charge in [-0.3, -0.25) is 4.99 Å². The van der Waals surface area contributed by atoms with Crippen molar-refractivity contribution in [2.45, 2.75) is 44.9 Å². The summed E-state index contributed by atoms with van der Waals surface area (Å²) >= 11 is 0. The lowest BCUT2D eigenvalue weighted by molar-refractivity contribution is 0.00578. The topological polar surface area (TPSA) is 30.8 Å². The standard InChI is InChI=1S/C14H18BNO2/c1-13(2)14(3,4)18-15(17-13)11-5-6-12-10(9-11)7-8-16-12/h5-9,12H,1-4H3/t12-/m0/s1. The Hall–Kier alpha value is -1.13. The molecule has 1 atom stereocenters. The number of aliphatic imine (C=N–C) groups is 1. The van der Waals surface area contributed by atoms with Gasteiger partial charge in [-0.2, -0.15) is 0 Å². The van der Waals surface area contributed by atoms with E-state index in [1.807, 2.05) is 12.3 Å². The zero-order valence-corrected chi connectivity index (χ0v) is 11.3. The quantitative estimate of drug-likeness (QED) is 0.662. The number of hydrogen-bond acceptors (Lipinski definition) is 3. The molecule has 0 N–H and O–H groups in total. The van der Waals surface area contributed by atoms with Gasteiger partial charge in [-0.15, -0.1) is 0 Å². The molecule has 0 aromatic heterocycles. The zero-order chi connectivity index (χ0) is 13.0. The van der Waals surface area contributed by atoms with Crippen LogP contribution in [0.3, 0.4) is 0 Å². The predicted octanol–water partition coefficient (Wildman–Crippen LogP) is 2.49. The number of fused-ring (bicyclic) bond motifs is 1. The minimum atomic E-state index is -0.288. The van der Waals surface area contributed by atoms with Gasteiger partial charge in [-0.05, 0) is 44.8 Å². The molecule has 3 aliphatic rings. The van der Waals surface area contributed by atoms with E-state index in [4.69, 9.17) is 9.31 Å². The molecule has 0 aromatic carbocycles. The molecule has 18 heavy (non-hydrogen) atoms. The SMILES string of the molecule is CC1(C)OB(C2=CC3=CC=N[C@H]3C=C2)OC1(C)C. The smallest absolute Gasteiger partial charge is 0.399 e. The third-order valence-electron chi connectivity index (χ3n) is 4.18. The molecule has 0 unspecified atom stereocenters. The molecule has 1 saturated heterocycles. The lowest BCUT2D eigenvalue weighted by Gasteiger charge is -2.32. The molecule has 0 saturated carbocycles. The molecule has 3 nitrogen and oxygen atoms in total. The molecular formula is C14H18BNO2. The highest BCUT2D eigenvalue weighted by Gasteiger charge is 2.52. The fourth-order valence-electron chi connectivity index (χ4n) is 2.27. The summed E-state index contributed by atoms with van der Waals surface area (Å²) in [6.45, 7) is 8.28. The van der Waals surface area contributed by atoms with Crippen LogP contribution in [0.25, 0.3) is 0 Å².